The number of aryl methyl sites for hydroxylation is 1. The minimum Gasteiger partial charge on any atom is -0.496 e. The fraction of sp³-hybridized carbons (Fsp3) is 0.333. The molecule has 1 aromatic carbocycles. The predicted molar refractivity (Wildman–Crippen MR) is 61.8 cm³/mol. The lowest BCUT2D eigenvalue weighted by Gasteiger charge is -2.05. The van der Waals surface area contributed by atoms with Crippen molar-refractivity contribution in [3.8, 4) is 5.75 Å². The number of hydrogen-bond donors (Lipinski definition) is 1. The van der Waals surface area contributed by atoms with Gasteiger partial charge in [0.1, 0.15) is 5.75 Å². The number of nitrogens with one attached hydrogen (secondary N) is 1. The monoisotopic (exact) mass is 207 g/mol. The maximum Gasteiger partial charge on any atom is 0.126 e. The van der Waals surface area contributed by atoms with E-state index in [0.29, 0.717) is 6.61 Å². The van der Waals surface area contributed by atoms with Crippen LogP contribution >= 0.6 is 0 Å². The quantitative estimate of drug-likeness (QED) is 0.593. The summed E-state index contributed by atoms with van der Waals surface area (Å²) in [5, 5.41) is 0. The molecule has 0 aromatic heterocycles. The van der Waals surface area contributed by atoms with Crippen molar-refractivity contribution in [3.63, 3.8) is 0 Å². The van der Waals surface area contributed by atoms with Crippen LogP contribution in [0.25, 0.3) is 6.08 Å². The summed E-state index contributed by atoms with van der Waals surface area (Å²) in [6, 6.07) is 6.07. The van der Waals surface area contributed by atoms with Gasteiger partial charge in [0.15, 0.2) is 0 Å². The molecule has 3 heteroatoms. The zero-order valence-corrected chi connectivity index (χ0v) is 9.41. The normalized spacial score (nSPS) is 10.9. The van der Waals surface area contributed by atoms with Crippen LogP contribution in [0, 0.1) is 6.92 Å². The number of hydroxylamine groups is 1. The van der Waals surface area contributed by atoms with Gasteiger partial charge >= 0.3 is 0 Å². The van der Waals surface area contributed by atoms with Gasteiger partial charge in [-0.3, -0.25) is 4.84 Å². The average Bonchev–Trinajstić information content (AvgIpc) is 2.25. The highest BCUT2D eigenvalue weighted by molar-refractivity contribution is 5.58. The van der Waals surface area contributed by atoms with Gasteiger partial charge in [-0.25, -0.2) is 5.48 Å². The standard InChI is InChI=1S/C12H17NO2/c1-10-6-7-12(14-3)11(9-10)5-4-8-15-13-2/h4-7,9,13H,8H2,1-3H3/b5-4+. The van der Waals surface area contributed by atoms with E-state index in [1.807, 2.05) is 24.3 Å². The van der Waals surface area contributed by atoms with Gasteiger partial charge in [-0.2, -0.15) is 0 Å². The molecule has 0 atom stereocenters. The molecule has 0 bridgehead atoms. The van der Waals surface area contributed by atoms with Crippen LogP contribution in [0.3, 0.4) is 0 Å². The van der Waals surface area contributed by atoms with E-state index < -0.39 is 0 Å². The fourth-order valence-corrected chi connectivity index (χ4v) is 1.29. The van der Waals surface area contributed by atoms with E-state index in [2.05, 4.69) is 18.5 Å². The molecule has 1 rings (SSSR count). The van der Waals surface area contributed by atoms with Crippen molar-refractivity contribution < 1.29 is 9.57 Å². The number of methoxy groups -OCH3 is 1. The van der Waals surface area contributed by atoms with Crippen molar-refractivity contribution in [2.24, 2.45) is 0 Å². The van der Waals surface area contributed by atoms with Gasteiger partial charge in [0.05, 0.1) is 13.7 Å². The van der Waals surface area contributed by atoms with Gasteiger partial charge in [-0.05, 0) is 19.1 Å². The molecule has 0 radical (unpaired) electrons. The Bertz CT molecular complexity index is 334. The lowest BCUT2D eigenvalue weighted by Crippen LogP contribution is -2.06. The summed E-state index contributed by atoms with van der Waals surface area (Å²) >= 11 is 0. The molecule has 15 heavy (non-hydrogen) atoms. The van der Waals surface area contributed by atoms with Gasteiger partial charge in [-0.15, -0.1) is 0 Å². The molecule has 0 aliphatic rings. The van der Waals surface area contributed by atoms with Gasteiger partial charge in [0.2, 0.25) is 0 Å². The van der Waals surface area contributed by atoms with Crippen LogP contribution in [0.2, 0.25) is 0 Å². The summed E-state index contributed by atoms with van der Waals surface area (Å²) < 4.78 is 5.25. The molecule has 0 saturated heterocycles. The maximum atomic E-state index is 5.25. The highest BCUT2D eigenvalue weighted by Gasteiger charge is 1.98. The van der Waals surface area contributed by atoms with Crippen molar-refractivity contribution in [1.29, 1.82) is 0 Å². The van der Waals surface area contributed by atoms with E-state index in [9.17, 15) is 0 Å². The van der Waals surface area contributed by atoms with Crippen molar-refractivity contribution >= 4 is 6.08 Å². The summed E-state index contributed by atoms with van der Waals surface area (Å²) in [6.07, 6.45) is 3.93. The molecular formula is C12H17NO2. The lowest BCUT2D eigenvalue weighted by molar-refractivity contribution is 0.0814. The smallest absolute Gasteiger partial charge is 0.126 e. The van der Waals surface area contributed by atoms with E-state index in [0.717, 1.165) is 11.3 Å². The molecule has 0 fully saturated rings. The molecule has 0 heterocycles. The Balaban J connectivity index is 2.73. The Morgan fingerprint density at radius 2 is 2.20 bits per heavy atom. The summed E-state index contributed by atoms with van der Waals surface area (Å²) in [7, 11) is 3.41. The zero-order chi connectivity index (χ0) is 11.1. The number of ether oxygens (including phenoxy) is 1. The van der Waals surface area contributed by atoms with Crippen LogP contribution in [0.1, 0.15) is 11.1 Å². The van der Waals surface area contributed by atoms with Crippen molar-refractivity contribution in [3.05, 3.63) is 35.4 Å². The first-order valence-corrected chi connectivity index (χ1v) is 4.87. The molecule has 1 aromatic rings. The van der Waals surface area contributed by atoms with Crippen molar-refractivity contribution in [2.75, 3.05) is 20.8 Å². The van der Waals surface area contributed by atoms with Gasteiger partial charge in [0, 0.05) is 12.6 Å². The highest BCUT2D eigenvalue weighted by Crippen LogP contribution is 2.20. The number of benzene rings is 1. The Morgan fingerprint density at radius 1 is 1.40 bits per heavy atom. The van der Waals surface area contributed by atoms with Crippen LogP contribution in [0.5, 0.6) is 5.75 Å². The molecule has 0 aliphatic carbocycles. The molecular weight excluding hydrogens is 190 g/mol. The first-order valence-electron chi connectivity index (χ1n) is 4.87. The Morgan fingerprint density at radius 3 is 2.87 bits per heavy atom. The third-order valence-corrected chi connectivity index (χ3v) is 2.01. The molecule has 0 amide bonds. The number of rotatable bonds is 5. The molecule has 0 spiro atoms. The van der Waals surface area contributed by atoms with Crippen LogP contribution in [0.15, 0.2) is 24.3 Å². The molecule has 82 valence electrons. The average molecular weight is 207 g/mol. The summed E-state index contributed by atoms with van der Waals surface area (Å²) in [5.74, 6) is 0.876. The van der Waals surface area contributed by atoms with E-state index in [-0.39, 0.29) is 0 Å². The predicted octanol–water partition coefficient (Wildman–Crippen LogP) is 2.17. The van der Waals surface area contributed by atoms with Crippen molar-refractivity contribution in [1.82, 2.24) is 5.48 Å². The lowest BCUT2D eigenvalue weighted by atomic mass is 10.1. The second-order valence-corrected chi connectivity index (χ2v) is 3.16. The second-order valence-electron chi connectivity index (χ2n) is 3.16. The maximum absolute atomic E-state index is 5.25. The number of hydrogen-bond acceptors (Lipinski definition) is 3. The van der Waals surface area contributed by atoms with Crippen LogP contribution in [-0.2, 0) is 4.84 Å². The van der Waals surface area contributed by atoms with E-state index >= 15 is 0 Å². The minimum atomic E-state index is 0.535. The van der Waals surface area contributed by atoms with E-state index in [4.69, 9.17) is 9.57 Å². The zero-order valence-electron chi connectivity index (χ0n) is 9.41. The minimum absolute atomic E-state index is 0.535. The van der Waals surface area contributed by atoms with Crippen molar-refractivity contribution in [2.45, 2.75) is 6.92 Å². The summed E-state index contributed by atoms with van der Waals surface area (Å²) in [6.45, 7) is 2.59. The van der Waals surface area contributed by atoms with Gasteiger partial charge in [-0.1, -0.05) is 23.8 Å². The van der Waals surface area contributed by atoms with E-state index in [1.165, 1.54) is 5.56 Å². The first-order chi connectivity index (χ1) is 7.27. The topological polar surface area (TPSA) is 30.5 Å². The Kier molecular flexibility index (Phi) is 4.87. The first kappa shape index (κ1) is 11.8. The largest absolute Gasteiger partial charge is 0.496 e. The third-order valence-electron chi connectivity index (χ3n) is 2.01. The Labute approximate surface area is 90.7 Å². The molecule has 3 nitrogen and oxygen atoms in total. The van der Waals surface area contributed by atoms with E-state index in [1.54, 1.807) is 14.2 Å². The van der Waals surface area contributed by atoms with Gasteiger partial charge in [0.25, 0.3) is 0 Å². The fourth-order valence-electron chi connectivity index (χ4n) is 1.29. The molecule has 0 saturated carbocycles. The van der Waals surface area contributed by atoms with Crippen LogP contribution < -0.4 is 10.2 Å². The highest BCUT2D eigenvalue weighted by atomic mass is 16.6. The SMILES string of the molecule is CNOC/C=C/c1cc(C)ccc1OC. The third kappa shape index (κ3) is 3.73. The van der Waals surface area contributed by atoms with Crippen LogP contribution in [-0.4, -0.2) is 20.8 Å². The second kappa shape index (κ2) is 6.22. The Hall–Kier alpha value is -1.32. The molecule has 0 aliphatic heterocycles. The van der Waals surface area contributed by atoms with Gasteiger partial charge < -0.3 is 4.74 Å². The van der Waals surface area contributed by atoms with Crippen LogP contribution in [0.4, 0.5) is 0 Å². The molecule has 1 N–H and O–H groups in total. The summed E-state index contributed by atoms with van der Waals surface area (Å²) in [4.78, 5) is 4.98. The summed E-state index contributed by atoms with van der Waals surface area (Å²) in [5.41, 5.74) is 4.89. The molecule has 0 unspecified atom stereocenters.